The number of aromatic nitrogens is 2. The van der Waals surface area contributed by atoms with E-state index in [1.165, 1.54) is 18.5 Å². The number of amides is 1. The molecule has 132 valence electrons. The van der Waals surface area contributed by atoms with Gasteiger partial charge in [-0.15, -0.1) is 6.42 Å². The van der Waals surface area contributed by atoms with Crippen LogP contribution >= 0.6 is 11.6 Å². The van der Waals surface area contributed by atoms with Crippen molar-refractivity contribution in [2.24, 2.45) is 0 Å². The second-order valence-corrected chi connectivity index (χ2v) is 5.74. The van der Waals surface area contributed by atoms with Crippen LogP contribution in [0.1, 0.15) is 5.56 Å². The molecule has 0 spiro atoms. The maximum atomic E-state index is 13.3. The fourth-order valence-electron chi connectivity index (χ4n) is 2.27. The Morgan fingerprint density at radius 2 is 2.07 bits per heavy atom. The molecule has 0 atom stereocenters. The summed E-state index contributed by atoms with van der Waals surface area (Å²) < 4.78 is 13.3. The maximum absolute atomic E-state index is 13.3. The van der Waals surface area contributed by atoms with Gasteiger partial charge in [-0.05, 0) is 42.3 Å². The predicted molar refractivity (Wildman–Crippen MR) is 103 cm³/mol. The second-order valence-electron chi connectivity index (χ2n) is 5.34. The van der Waals surface area contributed by atoms with Crippen LogP contribution in [0.5, 0.6) is 0 Å². The van der Waals surface area contributed by atoms with Crippen molar-refractivity contribution in [3.8, 4) is 24.2 Å². The number of anilines is 2. The topological polar surface area (TPSA) is 66.9 Å². The van der Waals surface area contributed by atoms with Crippen LogP contribution in [-0.4, -0.2) is 22.4 Å². The molecule has 0 saturated heterocycles. The number of hydrogen-bond acceptors (Lipinski definition) is 4. The molecular weight excluding hydrogens is 367 g/mol. The molecule has 0 saturated carbocycles. The molecule has 2 N–H and O–H groups in total. The van der Waals surface area contributed by atoms with Gasteiger partial charge in [0.15, 0.2) is 0 Å². The molecule has 2 aromatic carbocycles. The molecule has 27 heavy (non-hydrogen) atoms. The fourth-order valence-corrected chi connectivity index (χ4v) is 2.45. The molecule has 0 radical (unpaired) electrons. The van der Waals surface area contributed by atoms with Gasteiger partial charge in [0.05, 0.1) is 17.1 Å². The molecule has 3 rings (SSSR count). The van der Waals surface area contributed by atoms with Gasteiger partial charge in [-0.3, -0.25) is 4.79 Å². The lowest BCUT2D eigenvalue weighted by molar-refractivity contribution is -0.115. The lowest BCUT2D eigenvalue weighted by atomic mass is 10.1. The lowest BCUT2D eigenvalue weighted by Crippen LogP contribution is -2.21. The zero-order valence-corrected chi connectivity index (χ0v) is 14.6. The first-order valence-electron chi connectivity index (χ1n) is 7.77. The van der Waals surface area contributed by atoms with Crippen molar-refractivity contribution in [1.29, 1.82) is 0 Å². The Balaban J connectivity index is 1.88. The molecule has 0 aliphatic rings. The first-order valence-corrected chi connectivity index (χ1v) is 8.15. The van der Waals surface area contributed by atoms with Crippen molar-refractivity contribution < 1.29 is 9.18 Å². The van der Waals surface area contributed by atoms with Gasteiger partial charge in [0.1, 0.15) is 18.0 Å². The number of terminal acetylenes is 1. The van der Waals surface area contributed by atoms with Crippen LogP contribution in [0.2, 0.25) is 5.02 Å². The molecule has 0 aliphatic heterocycles. The van der Waals surface area contributed by atoms with Gasteiger partial charge in [0.25, 0.3) is 5.91 Å². The van der Waals surface area contributed by atoms with Gasteiger partial charge in [-0.1, -0.05) is 23.4 Å². The van der Waals surface area contributed by atoms with E-state index in [0.717, 1.165) is 5.39 Å². The largest absolute Gasteiger partial charge is 0.340 e. The first kappa shape index (κ1) is 18.2. The zero-order valence-electron chi connectivity index (χ0n) is 13.9. The van der Waals surface area contributed by atoms with E-state index in [4.69, 9.17) is 18.0 Å². The van der Waals surface area contributed by atoms with Crippen LogP contribution in [0.25, 0.3) is 10.9 Å². The first-order chi connectivity index (χ1) is 13.1. The van der Waals surface area contributed by atoms with E-state index < -0.39 is 11.7 Å². The number of rotatable bonds is 3. The van der Waals surface area contributed by atoms with Crippen molar-refractivity contribution in [3.05, 3.63) is 59.1 Å². The Labute approximate surface area is 160 Å². The SMILES string of the molecule is C#CC(=O)NCC#Cc1ccc2ncnc(Nc3ccc(F)c(Cl)c3)c2c1. The third-order valence-corrected chi connectivity index (χ3v) is 3.81. The van der Waals surface area contributed by atoms with Crippen LogP contribution in [0.3, 0.4) is 0 Å². The van der Waals surface area contributed by atoms with Crippen LogP contribution in [0.4, 0.5) is 15.9 Å². The normalized spacial score (nSPS) is 9.81. The van der Waals surface area contributed by atoms with Crippen LogP contribution in [-0.2, 0) is 4.79 Å². The number of fused-ring (bicyclic) bond motifs is 1. The predicted octanol–water partition coefficient (Wildman–Crippen LogP) is 3.27. The van der Waals surface area contributed by atoms with E-state index in [1.807, 2.05) is 24.1 Å². The molecular formula is C20H12ClFN4O. The number of nitrogens with one attached hydrogen (secondary N) is 2. The highest BCUT2D eigenvalue weighted by molar-refractivity contribution is 6.31. The lowest BCUT2D eigenvalue weighted by Gasteiger charge is -2.09. The molecule has 0 bridgehead atoms. The monoisotopic (exact) mass is 378 g/mol. The highest BCUT2D eigenvalue weighted by atomic mass is 35.5. The summed E-state index contributed by atoms with van der Waals surface area (Å²) in [6.07, 6.45) is 6.39. The van der Waals surface area contributed by atoms with Gasteiger partial charge < -0.3 is 10.6 Å². The Bertz CT molecular complexity index is 1130. The number of nitrogens with zero attached hydrogens (tertiary/aromatic N) is 2. The molecule has 1 amide bonds. The van der Waals surface area contributed by atoms with E-state index >= 15 is 0 Å². The minimum Gasteiger partial charge on any atom is -0.340 e. The summed E-state index contributed by atoms with van der Waals surface area (Å²) in [4.78, 5) is 19.5. The highest BCUT2D eigenvalue weighted by Gasteiger charge is 2.07. The summed E-state index contributed by atoms with van der Waals surface area (Å²) >= 11 is 5.82. The third-order valence-electron chi connectivity index (χ3n) is 3.52. The van der Waals surface area contributed by atoms with E-state index in [-0.39, 0.29) is 11.6 Å². The Kier molecular flexibility index (Phi) is 5.51. The van der Waals surface area contributed by atoms with Crippen molar-refractivity contribution in [1.82, 2.24) is 15.3 Å². The standard InChI is InChI=1S/C20H12ClFN4O/c1-2-19(27)23-9-3-4-13-5-8-18-15(10-13)20(25-12-24-18)26-14-6-7-17(22)16(21)11-14/h1,5-8,10-12H,9H2,(H,23,27)(H,24,25,26). The summed E-state index contributed by atoms with van der Waals surface area (Å²) in [7, 11) is 0. The van der Waals surface area contributed by atoms with Gasteiger partial charge >= 0.3 is 0 Å². The second kappa shape index (κ2) is 8.18. The number of benzene rings is 2. The van der Waals surface area contributed by atoms with Crippen molar-refractivity contribution in [2.75, 3.05) is 11.9 Å². The van der Waals surface area contributed by atoms with E-state index in [1.54, 1.807) is 6.07 Å². The molecule has 1 heterocycles. The van der Waals surface area contributed by atoms with Crippen LogP contribution in [0, 0.1) is 30.0 Å². The summed E-state index contributed by atoms with van der Waals surface area (Å²) in [6.45, 7) is 0.144. The number of carbonyl (C=O) groups is 1. The molecule has 0 unspecified atom stereocenters. The molecule has 1 aromatic heterocycles. The number of hydrogen-bond donors (Lipinski definition) is 2. The smallest absolute Gasteiger partial charge is 0.296 e. The third kappa shape index (κ3) is 4.52. The van der Waals surface area contributed by atoms with Crippen molar-refractivity contribution in [2.45, 2.75) is 0 Å². The average molecular weight is 379 g/mol. The number of halogens is 2. The van der Waals surface area contributed by atoms with Gasteiger partial charge in [-0.25, -0.2) is 14.4 Å². The Morgan fingerprint density at radius 1 is 1.22 bits per heavy atom. The molecule has 5 nitrogen and oxygen atoms in total. The highest BCUT2D eigenvalue weighted by Crippen LogP contribution is 2.26. The van der Waals surface area contributed by atoms with E-state index in [9.17, 15) is 9.18 Å². The Hall–Kier alpha value is -3.61. The minimum absolute atomic E-state index is 0.0129. The van der Waals surface area contributed by atoms with E-state index in [0.29, 0.717) is 22.6 Å². The minimum atomic E-state index is -0.513. The number of carbonyl (C=O) groups excluding carboxylic acids is 1. The fraction of sp³-hybridized carbons (Fsp3) is 0.0500. The summed E-state index contributed by atoms with van der Waals surface area (Å²) in [5.41, 5.74) is 2.02. The van der Waals surface area contributed by atoms with Crippen LogP contribution < -0.4 is 10.6 Å². The summed E-state index contributed by atoms with van der Waals surface area (Å²) in [5, 5.41) is 6.31. The van der Waals surface area contributed by atoms with Crippen LogP contribution in [0.15, 0.2) is 42.7 Å². The molecule has 0 aliphatic carbocycles. The van der Waals surface area contributed by atoms with Gasteiger partial charge in [-0.2, -0.15) is 0 Å². The molecule has 3 aromatic rings. The maximum Gasteiger partial charge on any atom is 0.296 e. The quantitative estimate of drug-likeness (QED) is 0.686. The van der Waals surface area contributed by atoms with Crippen molar-refractivity contribution in [3.63, 3.8) is 0 Å². The Morgan fingerprint density at radius 3 is 2.85 bits per heavy atom. The zero-order chi connectivity index (χ0) is 19.2. The van der Waals surface area contributed by atoms with E-state index in [2.05, 4.69) is 32.4 Å². The van der Waals surface area contributed by atoms with Crippen molar-refractivity contribution >= 4 is 39.9 Å². The summed E-state index contributed by atoms with van der Waals surface area (Å²) in [6, 6.07) is 9.75. The molecule has 0 fully saturated rings. The van der Waals surface area contributed by atoms with Gasteiger partial charge in [0.2, 0.25) is 0 Å². The molecule has 7 heteroatoms. The van der Waals surface area contributed by atoms with Gasteiger partial charge in [0, 0.05) is 16.6 Å². The summed E-state index contributed by atoms with van der Waals surface area (Å²) in [5.74, 6) is 7.23. The average Bonchev–Trinajstić information content (AvgIpc) is 2.68.